The van der Waals surface area contributed by atoms with E-state index in [0.29, 0.717) is 0 Å². The first-order valence-corrected chi connectivity index (χ1v) is 3.30. The summed E-state index contributed by atoms with van der Waals surface area (Å²) in [6, 6.07) is -0.0438. The molecule has 62 valence electrons. The smallest absolute Gasteiger partial charge is 0.366 e. The highest BCUT2D eigenvalue weighted by Crippen LogP contribution is 2.20. The monoisotopic (exact) mass is 176 g/mol. The minimum absolute atomic E-state index is 0.0176. The van der Waals surface area contributed by atoms with Crippen LogP contribution in [0.3, 0.4) is 0 Å². The van der Waals surface area contributed by atoms with Gasteiger partial charge in [-0.15, -0.1) is 0 Å². The van der Waals surface area contributed by atoms with Gasteiger partial charge in [-0.3, -0.25) is 0 Å². The minimum Gasteiger partial charge on any atom is -0.366 e. The molecular weight excluding hydrogens is 169 g/mol. The standard InChI is InChI=1S/C5H8ClF3O/c6-4-10-3-1-2-5(7,8)9/h1-4H2. The SMILES string of the molecule is FC(F)(F)CCCOCCl. The summed E-state index contributed by atoms with van der Waals surface area (Å²) >= 11 is 5.05. The fourth-order valence-electron chi connectivity index (χ4n) is 0.429. The van der Waals surface area contributed by atoms with Crippen LogP contribution in [0.15, 0.2) is 0 Å². The van der Waals surface area contributed by atoms with Gasteiger partial charge >= 0.3 is 6.18 Å². The normalized spacial score (nSPS) is 12.0. The van der Waals surface area contributed by atoms with Crippen LogP contribution >= 0.6 is 11.6 Å². The van der Waals surface area contributed by atoms with Gasteiger partial charge in [-0.25, -0.2) is 0 Å². The first-order chi connectivity index (χ1) is 4.56. The third-order valence-electron chi connectivity index (χ3n) is 0.826. The Morgan fingerprint density at radius 1 is 1.30 bits per heavy atom. The molecule has 0 bridgehead atoms. The highest BCUT2D eigenvalue weighted by molar-refractivity contribution is 6.17. The Labute approximate surface area is 62.1 Å². The minimum atomic E-state index is -4.07. The van der Waals surface area contributed by atoms with Gasteiger partial charge in [0.1, 0.15) is 6.07 Å². The van der Waals surface area contributed by atoms with E-state index in [1.807, 2.05) is 0 Å². The van der Waals surface area contributed by atoms with Crippen molar-refractivity contribution in [2.75, 3.05) is 12.7 Å². The lowest BCUT2D eigenvalue weighted by atomic mass is 10.3. The Kier molecular flexibility index (Phi) is 4.81. The summed E-state index contributed by atoms with van der Waals surface area (Å²) in [7, 11) is 0. The van der Waals surface area contributed by atoms with Gasteiger partial charge in [0.2, 0.25) is 0 Å². The third-order valence-corrected chi connectivity index (χ3v) is 0.980. The first kappa shape index (κ1) is 10.0. The van der Waals surface area contributed by atoms with E-state index < -0.39 is 12.6 Å². The molecule has 0 radical (unpaired) electrons. The third kappa shape index (κ3) is 8.04. The predicted molar refractivity (Wildman–Crippen MR) is 32.0 cm³/mol. The molecule has 5 heteroatoms. The topological polar surface area (TPSA) is 9.23 Å². The quantitative estimate of drug-likeness (QED) is 0.473. The van der Waals surface area contributed by atoms with Gasteiger partial charge in [0, 0.05) is 13.0 Å². The second-order valence-electron chi connectivity index (χ2n) is 1.74. The molecule has 0 unspecified atom stereocenters. The lowest BCUT2D eigenvalue weighted by Gasteiger charge is -2.04. The van der Waals surface area contributed by atoms with E-state index in [0.717, 1.165) is 0 Å². The summed E-state index contributed by atoms with van der Waals surface area (Å²) in [4.78, 5) is 0. The molecule has 0 aliphatic heterocycles. The number of hydrogen-bond donors (Lipinski definition) is 0. The summed E-state index contributed by atoms with van der Waals surface area (Å²) in [6.07, 6.45) is -4.89. The molecule has 0 N–H and O–H groups in total. The molecule has 0 fully saturated rings. The molecule has 10 heavy (non-hydrogen) atoms. The zero-order valence-corrected chi connectivity index (χ0v) is 6.00. The van der Waals surface area contributed by atoms with Crippen molar-refractivity contribution in [3.63, 3.8) is 0 Å². The van der Waals surface area contributed by atoms with Crippen LogP contribution in [0, 0.1) is 0 Å². The molecule has 0 spiro atoms. The Morgan fingerprint density at radius 3 is 2.30 bits per heavy atom. The molecule has 0 aromatic heterocycles. The van der Waals surface area contributed by atoms with Crippen LogP contribution in [-0.2, 0) is 4.74 Å². The van der Waals surface area contributed by atoms with E-state index in [1.54, 1.807) is 0 Å². The summed E-state index contributed by atoms with van der Waals surface area (Å²) in [5, 5.41) is 0. The largest absolute Gasteiger partial charge is 0.389 e. The van der Waals surface area contributed by atoms with Crippen molar-refractivity contribution in [2.24, 2.45) is 0 Å². The van der Waals surface area contributed by atoms with Crippen molar-refractivity contribution in [2.45, 2.75) is 19.0 Å². The Morgan fingerprint density at radius 2 is 1.90 bits per heavy atom. The maximum atomic E-state index is 11.4. The highest BCUT2D eigenvalue weighted by Gasteiger charge is 2.25. The lowest BCUT2D eigenvalue weighted by Crippen LogP contribution is -2.08. The van der Waals surface area contributed by atoms with Gasteiger partial charge in [-0.2, -0.15) is 13.2 Å². The van der Waals surface area contributed by atoms with Crippen molar-refractivity contribution >= 4 is 11.6 Å². The molecule has 0 saturated carbocycles. The van der Waals surface area contributed by atoms with Crippen LogP contribution in [0.2, 0.25) is 0 Å². The number of halogens is 4. The summed E-state index contributed by atoms with van der Waals surface area (Å²) in [5.41, 5.74) is 0. The number of alkyl halides is 4. The van der Waals surface area contributed by atoms with E-state index in [1.165, 1.54) is 0 Å². The van der Waals surface area contributed by atoms with Gasteiger partial charge in [0.05, 0.1) is 0 Å². The van der Waals surface area contributed by atoms with Gasteiger partial charge in [0.15, 0.2) is 0 Å². The molecule has 0 atom stereocenters. The Balaban J connectivity index is 3.04. The second-order valence-corrected chi connectivity index (χ2v) is 1.95. The van der Waals surface area contributed by atoms with E-state index in [-0.39, 0.29) is 19.1 Å². The van der Waals surface area contributed by atoms with Crippen molar-refractivity contribution in [3.05, 3.63) is 0 Å². The average Bonchev–Trinajstić information content (AvgIpc) is 1.78. The van der Waals surface area contributed by atoms with Crippen LogP contribution in [0.4, 0.5) is 13.2 Å². The van der Waals surface area contributed by atoms with E-state index in [4.69, 9.17) is 11.6 Å². The molecule has 0 aliphatic rings. The molecule has 0 rings (SSSR count). The van der Waals surface area contributed by atoms with Crippen LogP contribution in [0.25, 0.3) is 0 Å². The van der Waals surface area contributed by atoms with E-state index in [9.17, 15) is 13.2 Å². The van der Waals surface area contributed by atoms with Gasteiger partial charge in [-0.05, 0) is 6.42 Å². The summed E-state index contributed by atoms with van der Waals surface area (Å²) < 4.78 is 38.7. The van der Waals surface area contributed by atoms with Gasteiger partial charge in [0.25, 0.3) is 0 Å². The molecule has 0 heterocycles. The first-order valence-electron chi connectivity index (χ1n) is 2.77. The molecule has 0 saturated heterocycles. The summed E-state index contributed by atoms with van der Waals surface area (Å²) in [6.45, 7) is 0.0724. The van der Waals surface area contributed by atoms with Crippen LogP contribution in [-0.4, -0.2) is 18.8 Å². The molecule has 0 aromatic rings. The zero-order chi connectivity index (χ0) is 8.04. The number of hydrogen-bond acceptors (Lipinski definition) is 1. The maximum absolute atomic E-state index is 11.4. The molecule has 0 aliphatic carbocycles. The fraction of sp³-hybridized carbons (Fsp3) is 1.00. The fourth-order valence-corrected chi connectivity index (χ4v) is 0.538. The van der Waals surface area contributed by atoms with Gasteiger partial charge < -0.3 is 4.74 Å². The lowest BCUT2D eigenvalue weighted by molar-refractivity contribution is -0.137. The molecule has 1 nitrogen and oxygen atoms in total. The zero-order valence-electron chi connectivity index (χ0n) is 5.25. The van der Waals surface area contributed by atoms with Crippen LogP contribution < -0.4 is 0 Å². The summed E-state index contributed by atoms with van der Waals surface area (Å²) in [5.74, 6) is 0. The van der Waals surface area contributed by atoms with E-state index in [2.05, 4.69) is 4.74 Å². The van der Waals surface area contributed by atoms with Crippen molar-refractivity contribution in [1.82, 2.24) is 0 Å². The molecule has 0 amide bonds. The molecule has 0 aromatic carbocycles. The maximum Gasteiger partial charge on any atom is 0.389 e. The number of ether oxygens (including phenoxy) is 1. The number of rotatable bonds is 4. The Hall–Kier alpha value is 0.0400. The highest BCUT2D eigenvalue weighted by atomic mass is 35.5. The molecular formula is C5H8ClF3O. The predicted octanol–water partition coefficient (Wildman–Crippen LogP) is 2.54. The Bertz CT molecular complexity index is 83.5. The van der Waals surface area contributed by atoms with Crippen molar-refractivity contribution in [3.8, 4) is 0 Å². The average molecular weight is 177 g/mol. The van der Waals surface area contributed by atoms with Crippen LogP contribution in [0.1, 0.15) is 12.8 Å². The van der Waals surface area contributed by atoms with E-state index >= 15 is 0 Å². The second kappa shape index (κ2) is 4.79. The van der Waals surface area contributed by atoms with Crippen molar-refractivity contribution in [1.29, 1.82) is 0 Å². The van der Waals surface area contributed by atoms with Gasteiger partial charge in [-0.1, -0.05) is 11.6 Å². The van der Waals surface area contributed by atoms with Crippen LogP contribution in [0.5, 0.6) is 0 Å². The van der Waals surface area contributed by atoms with Crippen molar-refractivity contribution < 1.29 is 17.9 Å².